The highest BCUT2D eigenvalue weighted by Crippen LogP contribution is 2.10. The highest BCUT2D eigenvalue weighted by atomic mass is 32.2. The van der Waals surface area contributed by atoms with Gasteiger partial charge in [-0.15, -0.1) is 0 Å². The Hall–Kier alpha value is -0.910. The van der Waals surface area contributed by atoms with Gasteiger partial charge in [0.25, 0.3) is 10.2 Å². The number of hydrogen-bond donors (Lipinski definition) is 1. The molecule has 0 spiro atoms. The van der Waals surface area contributed by atoms with Crippen LogP contribution in [0.4, 0.5) is 0 Å². The highest BCUT2D eigenvalue weighted by Gasteiger charge is 2.11. The van der Waals surface area contributed by atoms with Gasteiger partial charge in [-0.3, -0.25) is 0 Å². The molecule has 0 bridgehead atoms. The van der Waals surface area contributed by atoms with Crippen LogP contribution in [0.2, 0.25) is 0 Å². The second-order valence-electron chi connectivity index (χ2n) is 5.35. The molecule has 0 aliphatic rings. The second-order valence-corrected chi connectivity index (χ2v) is 7.32. The van der Waals surface area contributed by atoms with Crippen molar-refractivity contribution in [3.05, 3.63) is 35.4 Å². The van der Waals surface area contributed by atoms with Crippen LogP contribution < -0.4 is 4.72 Å². The average Bonchev–Trinajstić information content (AvgIpc) is 2.30. The first kappa shape index (κ1) is 16.1. The van der Waals surface area contributed by atoms with Crippen LogP contribution in [0.1, 0.15) is 25.0 Å². The smallest absolute Gasteiger partial charge is 0.202 e. The van der Waals surface area contributed by atoms with Crippen molar-refractivity contribution >= 4 is 10.2 Å². The fraction of sp³-hybridized carbons (Fsp3) is 0.571. The van der Waals surface area contributed by atoms with Crippen molar-refractivity contribution in [2.24, 2.45) is 5.92 Å². The summed E-state index contributed by atoms with van der Waals surface area (Å²) in [6.07, 6.45) is 1.78. The van der Waals surface area contributed by atoms with Gasteiger partial charge in [0.1, 0.15) is 0 Å². The topological polar surface area (TPSA) is 49.4 Å². The van der Waals surface area contributed by atoms with Crippen molar-refractivity contribution in [3.63, 3.8) is 0 Å². The molecule has 1 aromatic carbocycles. The Morgan fingerprint density at radius 1 is 1.11 bits per heavy atom. The summed E-state index contributed by atoms with van der Waals surface area (Å²) in [7, 11) is -0.275. The summed E-state index contributed by atoms with van der Waals surface area (Å²) in [4.78, 5) is 0. The van der Waals surface area contributed by atoms with E-state index in [1.165, 1.54) is 24.0 Å². The molecule has 0 fully saturated rings. The Morgan fingerprint density at radius 3 is 2.11 bits per heavy atom. The van der Waals surface area contributed by atoms with E-state index in [4.69, 9.17) is 0 Å². The van der Waals surface area contributed by atoms with Gasteiger partial charge >= 0.3 is 0 Å². The molecule has 0 heterocycles. The SMILES string of the molecule is CC(C)Cc1ccc(CCNS(=O)(=O)N(C)C)cc1. The van der Waals surface area contributed by atoms with Crippen molar-refractivity contribution in [1.82, 2.24) is 9.03 Å². The average molecular weight is 284 g/mol. The summed E-state index contributed by atoms with van der Waals surface area (Å²) in [5.41, 5.74) is 2.47. The van der Waals surface area contributed by atoms with Gasteiger partial charge < -0.3 is 0 Å². The molecule has 0 atom stereocenters. The Labute approximate surface area is 117 Å². The van der Waals surface area contributed by atoms with Crippen LogP contribution in [-0.4, -0.2) is 33.4 Å². The lowest BCUT2D eigenvalue weighted by molar-refractivity contribution is 0.506. The van der Waals surface area contributed by atoms with E-state index in [1.54, 1.807) is 0 Å². The predicted octanol–water partition coefficient (Wildman–Crippen LogP) is 1.82. The number of hydrogen-bond acceptors (Lipinski definition) is 2. The molecule has 0 saturated heterocycles. The van der Waals surface area contributed by atoms with Crippen LogP contribution in [0, 0.1) is 5.92 Å². The summed E-state index contributed by atoms with van der Waals surface area (Å²) >= 11 is 0. The van der Waals surface area contributed by atoms with Crippen LogP contribution in [0.25, 0.3) is 0 Å². The van der Waals surface area contributed by atoms with Gasteiger partial charge in [-0.1, -0.05) is 38.1 Å². The maximum atomic E-state index is 11.5. The lowest BCUT2D eigenvalue weighted by Crippen LogP contribution is -2.36. The van der Waals surface area contributed by atoms with E-state index in [2.05, 4.69) is 42.8 Å². The third kappa shape index (κ3) is 5.72. The molecule has 1 rings (SSSR count). The molecule has 19 heavy (non-hydrogen) atoms. The van der Waals surface area contributed by atoms with Crippen LogP contribution in [0.15, 0.2) is 24.3 Å². The Bertz CT molecular complexity index is 479. The zero-order valence-corrected chi connectivity index (χ0v) is 13.0. The molecule has 4 nitrogen and oxygen atoms in total. The zero-order valence-electron chi connectivity index (χ0n) is 12.2. The van der Waals surface area contributed by atoms with Gasteiger partial charge in [0.15, 0.2) is 0 Å². The summed E-state index contributed by atoms with van der Waals surface area (Å²) in [5.74, 6) is 0.651. The standard InChI is InChI=1S/C14H24N2O2S/c1-12(2)11-14-7-5-13(6-8-14)9-10-15-19(17,18)16(3)4/h5-8,12,15H,9-11H2,1-4H3. The monoisotopic (exact) mass is 284 g/mol. The molecule has 0 saturated carbocycles. The second kappa shape index (κ2) is 7.03. The molecule has 0 aromatic heterocycles. The molecule has 1 N–H and O–H groups in total. The molecular weight excluding hydrogens is 260 g/mol. The Balaban J connectivity index is 2.47. The molecule has 0 radical (unpaired) electrons. The van der Waals surface area contributed by atoms with Gasteiger partial charge in [0.2, 0.25) is 0 Å². The van der Waals surface area contributed by atoms with Crippen LogP contribution in [0.5, 0.6) is 0 Å². The van der Waals surface area contributed by atoms with Crippen LogP contribution in [0.3, 0.4) is 0 Å². The molecule has 0 unspecified atom stereocenters. The normalized spacial score (nSPS) is 12.3. The van der Waals surface area contributed by atoms with E-state index in [1.807, 2.05) is 0 Å². The fourth-order valence-electron chi connectivity index (χ4n) is 1.77. The van der Waals surface area contributed by atoms with E-state index in [9.17, 15) is 8.42 Å². The Morgan fingerprint density at radius 2 is 1.63 bits per heavy atom. The fourth-order valence-corrected chi connectivity index (χ4v) is 2.39. The van der Waals surface area contributed by atoms with Crippen LogP contribution in [-0.2, 0) is 23.1 Å². The van der Waals surface area contributed by atoms with Crippen molar-refractivity contribution in [2.75, 3.05) is 20.6 Å². The summed E-state index contributed by atoms with van der Waals surface area (Å²) in [6.45, 7) is 4.82. The lowest BCUT2D eigenvalue weighted by atomic mass is 10.0. The summed E-state index contributed by atoms with van der Waals surface area (Å²) in [6, 6.07) is 8.38. The predicted molar refractivity (Wildman–Crippen MR) is 79.3 cm³/mol. The molecule has 0 aliphatic heterocycles. The minimum absolute atomic E-state index is 0.421. The zero-order chi connectivity index (χ0) is 14.5. The first-order valence-corrected chi connectivity index (χ1v) is 8.00. The van der Waals surface area contributed by atoms with E-state index >= 15 is 0 Å². The third-order valence-electron chi connectivity index (χ3n) is 2.85. The molecule has 1 aromatic rings. The van der Waals surface area contributed by atoms with Gasteiger partial charge in [0.05, 0.1) is 0 Å². The third-order valence-corrected chi connectivity index (χ3v) is 4.38. The maximum absolute atomic E-state index is 11.5. The van der Waals surface area contributed by atoms with E-state index in [0.717, 1.165) is 12.0 Å². The quantitative estimate of drug-likeness (QED) is 0.830. The number of nitrogens with one attached hydrogen (secondary N) is 1. The van der Waals surface area contributed by atoms with E-state index < -0.39 is 10.2 Å². The maximum Gasteiger partial charge on any atom is 0.278 e. The van der Waals surface area contributed by atoms with Crippen molar-refractivity contribution in [1.29, 1.82) is 0 Å². The van der Waals surface area contributed by atoms with Crippen molar-refractivity contribution in [3.8, 4) is 0 Å². The van der Waals surface area contributed by atoms with Gasteiger partial charge in [-0.05, 0) is 29.9 Å². The molecular formula is C14H24N2O2S. The van der Waals surface area contributed by atoms with E-state index in [0.29, 0.717) is 18.9 Å². The molecule has 5 heteroatoms. The van der Waals surface area contributed by atoms with Gasteiger partial charge in [-0.25, -0.2) is 4.72 Å². The first-order valence-electron chi connectivity index (χ1n) is 6.56. The molecule has 0 amide bonds. The highest BCUT2D eigenvalue weighted by molar-refractivity contribution is 7.87. The first-order chi connectivity index (χ1) is 8.81. The van der Waals surface area contributed by atoms with E-state index in [-0.39, 0.29) is 0 Å². The van der Waals surface area contributed by atoms with Gasteiger partial charge in [0, 0.05) is 20.6 Å². The number of benzene rings is 1. The number of rotatable bonds is 7. The van der Waals surface area contributed by atoms with Crippen molar-refractivity contribution < 1.29 is 8.42 Å². The minimum atomic E-state index is -3.31. The molecule has 0 aliphatic carbocycles. The van der Waals surface area contributed by atoms with Crippen LogP contribution >= 0.6 is 0 Å². The number of nitrogens with zero attached hydrogens (tertiary/aromatic N) is 1. The minimum Gasteiger partial charge on any atom is -0.202 e. The largest absolute Gasteiger partial charge is 0.278 e. The molecule has 108 valence electrons. The summed E-state index contributed by atoms with van der Waals surface area (Å²) < 4.78 is 26.8. The lowest BCUT2D eigenvalue weighted by Gasteiger charge is -2.12. The van der Waals surface area contributed by atoms with Crippen molar-refractivity contribution in [2.45, 2.75) is 26.7 Å². The summed E-state index contributed by atoms with van der Waals surface area (Å²) in [5, 5.41) is 0. The Kier molecular flexibility index (Phi) is 5.97. The van der Waals surface area contributed by atoms with Gasteiger partial charge in [-0.2, -0.15) is 12.7 Å².